The van der Waals surface area contributed by atoms with E-state index >= 15 is 0 Å². The van der Waals surface area contributed by atoms with Crippen molar-refractivity contribution >= 4 is 45.9 Å². The Morgan fingerprint density at radius 3 is 1.06 bits per heavy atom. The molecular formula is C80H61NSi. The molecule has 0 aromatic heterocycles. The molecule has 0 amide bonds. The fourth-order valence-corrected chi connectivity index (χ4v) is 21.2. The molecule has 0 N–H and O–H groups in total. The lowest BCUT2D eigenvalue weighted by molar-refractivity contribution is 0.444. The number of rotatable bonds is 10. The van der Waals surface area contributed by atoms with E-state index in [1.54, 1.807) is 0 Å². The summed E-state index contributed by atoms with van der Waals surface area (Å²) in [6.45, 7) is 0. The standard InChI is InChI=1S/C80H61NSi/c1-5-25-56(26-6-1)57-53-64(55-66(54-57)82(65-31-11-4-12-32-65)77-43-23-17-37-71(77)72-38-18-24-44-78(72)82)81(62-49-45-60(46-50-62)79(58-27-7-2-8-28-58)73-39-19-13-33-67(73)68-34-14-20-40-74(68)79)63-51-47-61(48-52-63)80(59-29-9-3-10-30-59)75-41-21-15-35-69(75)70-36-16-22-42-76(70)80/h2-4,7-24,27-56H,1,5-6,25-26H2. The zero-order valence-corrected chi connectivity index (χ0v) is 46.9. The highest BCUT2D eigenvalue weighted by molar-refractivity contribution is 7.22. The van der Waals surface area contributed by atoms with Crippen molar-refractivity contribution in [1.82, 2.24) is 0 Å². The van der Waals surface area contributed by atoms with E-state index in [0.717, 1.165) is 11.4 Å². The zero-order chi connectivity index (χ0) is 54.2. The van der Waals surface area contributed by atoms with Crippen LogP contribution in [0.5, 0.6) is 0 Å². The summed E-state index contributed by atoms with van der Waals surface area (Å²) < 4.78 is 0. The lowest BCUT2D eigenvalue weighted by atomic mass is 9.67. The summed E-state index contributed by atoms with van der Waals surface area (Å²) in [5.41, 5.74) is 22.2. The maximum Gasteiger partial charge on any atom is 0.180 e. The molecular weight excluding hydrogens is 1000 g/mol. The average molecular weight is 1060 g/mol. The van der Waals surface area contributed by atoms with E-state index in [1.807, 2.05) is 0 Å². The monoisotopic (exact) mass is 1060 g/mol. The van der Waals surface area contributed by atoms with Crippen molar-refractivity contribution in [2.75, 3.05) is 4.90 Å². The molecule has 1 heterocycles. The third-order valence-electron chi connectivity index (χ3n) is 19.3. The van der Waals surface area contributed by atoms with Crippen LogP contribution in [0.25, 0.3) is 33.4 Å². The third kappa shape index (κ3) is 7.04. The summed E-state index contributed by atoms with van der Waals surface area (Å²) in [5.74, 6) is 0.467. The minimum atomic E-state index is -2.91. The molecule has 1 aliphatic heterocycles. The van der Waals surface area contributed by atoms with Crippen LogP contribution in [-0.4, -0.2) is 8.07 Å². The first-order chi connectivity index (χ1) is 40.7. The zero-order valence-electron chi connectivity index (χ0n) is 45.9. The Kier molecular flexibility index (Phi) is 11.5. The Hall–Kier alpha value is -9.34. The van der Waals surface area contributed by atoms with Crippen molar-refractivity contribution in [2.24, 2.45) is 0 Å². The summed E-state index contributed by atoms with van der Waals surface area (Å²) in [4.78, 5) is 2.60. The normalized spacial score (nSPS) is 15.6. The van der Waals surface area contributed by atoms with Gasteiger partial charge in [0.25, 0.3) is 0 Å². The number of hydrogen-bond acceptors (Lipinski definition) is 1. The van der Waals surface area contributed by atoms with E-state index in [2.05, 4.69) is 308 Å². The third-order valence-corrected chi connectivity index (χ3v) is 24.1. The summed E-state index contributed by atoms with van der Waals surface area (Å²) in [5, 5.41) is 5.81. The molecule has 2 heteroatoms. The van der Waals surface area contributed by atoms with Crippen LogP contribution in [0.15, 0.2) is 303 Å². The topological polar surface area (TPSA) is 3.24 Å². The van der Waals surface area contributed by atoms with Crippen molar-refractivity contribution in [3.63, 3.8) is 0 Å². The van der Waals surface area contributed by atoms with E-state index < -0.39 is 18.9 Å². The van der Waals surface area contributed by atoms with E-state index in [9.17, 15) is 0 Å². The molecule has 16 rings (SSSR count). The van der Waals surface area contributed by atoms with E-state index in [0.29, 0.717) is 5.92 Å². The second kappa shape index (κ2) is 19.4. The Morgan fingerprint density at radius 1 is 0.280 bits per heavy atom. The predicted octanol–water partition coefficient (Wildman–Crippen LogP) is 17.3. The SMILES string of the molecule is c1ccc(C2(c3ccc(N(c4ccc(C5(c6ccccc6)c6ccccc6-c6ccccc65)cc4)c4cc(C5CCCCC5)cc([Si]5(c6ccccc6)c6ccccc6-c6ccccc65)c4)cc3)c3ccccc3-c3ccccc32)cc1. The number of anilines is 3. The summed E-state index contributed by atoms with van der Waals surface area (Å²) >= 11 is 0. The minimum Gasteiger partial charge on any atom is -0.310 e. The largest absolute Gasteiger partial charge is 0.310 e. The fraction of sp³-hybridized carbons (Fsp3) is 0.100. The van der Waals surface area contributed by atoms with Gasteiger partial charge in [-0.1, -0.05) is 286 Å². The molecule has 1 fully saturated rings. The number of hydrogen-bond donors (Lipinski definition) is 0. The van der Waals surface area contributed by atoms with Crippen LogP contribution in [0.4, 0.5) is 17.1 Å². The lowest BCUT2D eigenvalue weighted by Crippen LogP contribution is -2.72. The van der Waals surface area contributed by atoms with Crippen LogP contribution in [0.2, 0.25) is 0 Å². The lowest BCUT2D eigenvalue weighted by Gasteiger charge is -2.36. The van der Waals surface area contributed by atoms with E-state index in [-0.39, 0.29) is 0 Å². The maximum absolute atomic E-state index is 2.91. The summed E-state index contributed by atoms with van der Waals surface area (Å²) in [6.07, 6.45) is 6.22. The van der Waals surface area contributed by atoms with Crippen molar-refractivity contribution in [3.05, 3.63) is 353 Å². The molecule has 0 bridgehead atoms. The first kappa shape index (κ1) is 48.6. The molecule has 3 aliphatic carbocycles. The van der Waals surface area contributed by atoms with Gasteiger partial charge in [0.05, 0.1) is 10.8 Å². The first-order valence-electron chi connectivity index (χ1n) is 29.6. The van der Waals surface area contributed by atoms with Gasteiger partial charge in [-0.3, -0.25) is 0 Å². The first-order valence-corrected chi connectivity index (χ1v) is 31.6. The number of fused-ring (bicyclic) bond motifs is 9. The highest BCUT2D eigenvalue weighted by Gasteiger charge is 2.50. The average Bonchev–Trinajstić information content (AvgIpc) is 4.07. The smallest absolute Gasteiger partial charge is 0.180 e. The summed E-state index contributed by atoms with van der Waals surface area (Å²) in [6, 6.07) is 116. The second-order valence-corrected chi connectivity index (χ2v) is 26.9. The summed E-state index contributed by atoms with van der Waals surface area (Å²) in [7, 11) is -2.91. The van der Waals surface area contributed by atoms with Crippen LogP contribution in [0.1, 0.15) is 88.1 Å². The molecule has 12 aromatic carbocycles. The van der Waals surface area contributed by atoms with Crippen LogP contribution in [-0.2, 0) is 10.8 Å². The fourth-order valence-electron chi connectivity index (χ4n) is 16.0. The molecule has 1 nitrogen and oxygen atoms in total. The maximum atomic E-state index is 2.68. The molecule has 4 aliphatic rings. The Balaban J connectivity index is 0.951. The van der Waals surface area contributed by atoms with Gasteiger partial charge in [0.2, 0.25) is 0 Å². The van der Waals surface area contributed by atoms with Gasteiger partial charge in [0.15, 0.2) is 8.07 Å². The van der Waals surface area contributed by atoms with Gasteiger partial charge in [0, 0.05) is 17.1 Å². The predicted molar refractivity (Wildman–Crippen MR) is 344 cm³/mol. The van der Waals surface area contributed by atoms with E-state index in [4.69, 9.17) is 0 Å². The second-order valence-electron chi connectivity index (χ2n) is 23.2. The van der Waals surface area contributed by atoms with Gasteiger partial charge in [-0.25, -0.2) is 0 Å². The van der Waals surface area contributed by atoms with Crippen molar-refractivity contribution < 1.29 is 0 Å². The van der Waals surface area contributed by atoms with Gasteiger partial charge in [-0.15, -0.1) is 0 Å². The Morgan fingerprint density at radius 2 is 0.634 bits per heavy atom. The quantitative estimate of drug-likeness (QED) is 0.123. The number of benzene rings is 12. The molecule has 0 atom stereocenters. The van der Waals surface area contributed by atoms with Gasteiger partial charge < -0.3 is 4.90 Å². The Labute approximate surface area is 483 Å². The molecule has 0 spiro atoms. The van der Waals surface area contributed by atoms with Gasteiger partial charge in [-0.05, 0) is 159 Å². The van der Waals surface area contributed by atoms with Gasteiger partial charge in [-0.2, -0.15) is 0 Å². The van der Waals surface area contributed by atoms with Crippen LogP contribution < -0.4 is 25.6 Å². The molecule has 0 unspecified atom stereocenters. The van der Waals surface area contributed by atoms with Crippen LogP contribution >= 0.6 is 0 Å². The minimum absolute atomic E-state index is 0.467. The van der Waals surface area contributed by atoms with Gasteiger partial charge in [0.1, 0.15) is 0 Å². The van der Waals surface area contributed by atoms with Crippen LogP contribution in [0, 0.1) is 0 Å². The van der Waals surface area contributed by atoms with Crippen molar-refractivity contribution in [2.45, 2.75) is 48.9 Å². The molecule has 12 aromatic rings. The molecule has 390 valence electrons. The highest BCUT2D eigenvalue weighted by Crippen LogP contribution is 2.58. The Bertz CT molecular complexity index is 4050. The highest BCUT2D eigenvalue weighted by atomic mass is 28.3. The molecule has 1 saturated carbocycles. The van der Waals surface area contributed by atoms with Crippen molar-refractivity contribution in [1.29, 1.82) is 0 Å². The molecule has 0 radical (unpaired) electrons. The number of nitrogens with zero attached hydrogens (tertiary/aromatic N) is 1. The van der Waals surface area contributed by atoms with E-state index in [1.165, 1.54) is 142 Å². The molecule has 0 saturated heterocycles. The van der Waals surface area contributed by atoms with Crippen molar-refractivity contribution in [3.8, 4) is 33.4 Å². The van der Waals surface area contributed by atoms with Gasteiger partial charge >= 0.3 is 0 Å². The van der Waals surface area contributed by atoms with Crippen LogP contribution in [0.3, 0.4) is 0 Å². The molecule has 82 heavy (non-hydrogen) atoms.